The summed E-state index contributed by atoms with van der Waals surface area (Å²) in [6.45, 7) is 0.740. The average Bonchev–Trinajstić information content (AvgIpc) is 2.13. The van der Waals surface area contributed by atoms with E-state index in [2.05, 4.69) is 6.07 Å². The summed E-state index contributed by atoms with van der Waals surface area (Å²) >= 11 is 1.71. The summed E-state index contributed by atoms with van der Waals surface area (Å²) in [4.78, 5) is 13.6. The lowest BCUT2D eigenvalue weighted by molar-refractivity contribution is -0.141. The van der Waals surface area contributed by atoms with Gasteiger partial charge in [0.1, 0.15) is 5.41 Å². The standard InChI is InChI=1S/C10H16N2OS/c1-12(6-7-14-2)9(13)10(8-11)4-3-5-10/h3-7H2,1-2H3. The minimum absolute atomic E-state index is 0.0142. The summed E-state index contributed by atoms with van der Waals surface area (Å²) in [7, 11) is 1.79. The van der Waals surface area contributed by atoms with E-state index in [1.807, 2.05) is 6.26 Å². The Labute approximate surface area is 89.5 Å². The fraction of sp³-hybridized carbons (Fsp3) is 0.800. The number of hydrogen-bond donors (Lipinski definition) is 0. The van der Waals surface area contributed by atoms with E-state index < -0.39 is 5.41 Å². The van der Waals surface area contributed by atoms with Crippen molar-refractivity contribution in [2.24, 2.45) is 5.41 Å². The van der Waals surface area contributed by atoms with Crippen molar-refractivity contribution in [3.8, 4) is 6.07 Å². The van der Waals surface area contributed by atoms with Crippen molar-refractivity contribution >= 4 is 17.7 Å². The van der Waals surface area contributed by atoms with Gasteiger partial charge in [-0.2, -0.15) is 17.0 Å². The van der Waals surface area contributed by atoms with E-state index in [4.69, 9.17) is 5.26 Å². The van der Waals surface area contributed by atoms with E-state index in [0.29, 0.717) is 0 Å². The van der Waals surface area contributed by atoms with Crippen LogP contribution >= 0.6 is 11.8 Å². The third-order valence-electron chi connectivity index (χ3n) is 2.81. The molecular formula is C10H16N2OS. The van der Waals surface area contributed by atoms with Crippen molar-refractivity contribution in [3.05, 3.63) is 0 Å². The van der Waals surface area contributed by atoms with Crippen LogP contribution < -0.4 is 0 Å². The minimum atomic E-state index is -0.673. The summed E-state index contributed by atoms with van der Waals surface area (Å²) in [6.07, 6.45) is 4.51. The van der Waals surface area contributed by atoms with Gasteiger partial charge >= 0.3 is 0 Å². The first-order valence-corrected chi connectivity index (χ1v) is 6.21. The molecule has 78 valence electrons. The largest absolute Gasteiger partial charge is 0.344 e. The molecule has 1 saturated carbocycles. The lowest BCUT2D eigenvalue weighted by Gasteiger charge is -2.36. The number of thioether (sulfide) groups is 1. The molecule has 4 heteroatoms. The SMILES string of the molecule is CSCCN(C)C(=O)C1(C#N)CCC1. The smallest absolute Gasteiger partial charge is 0.242 e. The molecule has 0 unspecified atom stereocenters. The summed E-state index contributed by atoms with van der Waals surface area (Å²) in [5.41, 5.74) is -0.673. The normalized spacial score (nSPS) is 18.1. The number of amides is 1. The Kier molecular flexibility index (Phi) is 3.82. The van der Waals surface area contributed by atoms with E-state index in [0.717, 1.165) is 31.6 Å². The van der Waals surface area contributed by atoms with Gasteiger partial charge < -0.3 is 4.90 Å². The van der Waals surface area contributed by atoms with Crippen molar-refractivity contribution in [2.45, 2.75) is 19.3 Å². The molecule has 0 bridgehead atoms. The molecular weight excluding hydrogens is 196 g/mol. The minimum Gasteiger partial charge on any atom is -0.344 e. The van der Waals surface area contributed by atoms with E-state index in [-0.39, 0.29) is 5.91 Å². The van der Waals surface area contributed by atoms with Gasteiger partial charge in [0.15, 0.2) is 0 Å². The Morgan fingerprint density at radius 2 is 2.29 bits per heavy atom. The molecule has 0 aromatic carbocycles. The summed E-state index contributed by atoms with van der Waals surface area (Å²) < 4.78 is 0. The second-order valence-electron chi connectivity index (χ2n) is 3.77. The lowest BCUT2D eigenvalue weighted by atomic mass is 9.69. The van der Waals surface area contributed by atoms with Crippen molar-refractivity contribution in [1.82, 2.24) is 4.90 Å². The van der Waals surface area contributed by atoms with Gasteiger partial charge in [0.25, 0.3) is 0 Å². The quantitative estimate of drug-likeness (QED) is 0.709. The molecule has 1 aliphatic rings. The molecule has 1 aliphatic carbocycles. The molecule has 0 radical (unpaired) electrons. The molecule has 14 heavy (non-hydrogen) atoms. The first kappa shape index (κ1) is 11.4. The lowest BCUT2D eigenvalue weighted by Crippen LogP contribution is -2.46. The molecule has 0 heterocycles. The van der Waals surface area contributed by atoms with Crippen LogP contribution in [0.4, 0.5) is 0 Å². The Morgan fingerprint density at radius 3 is 2.64 bits per heavy atom. The Bertz CT molecular complexity index is 255. The van der Waals surface area contributed by atoms with Crippen LogP contribution in [0.15, 0.2) is 0 Å². The third kappa shape index (κ3) is 2.03. The molecule has 0 aliphatic heterocycles. The Balaban J connectivity index is 2.51. The summed E-state index contributed by atoms with van der Waals surface area (Å²) in [6, 6.07) is 2.17. The molecule has 1 amide bonds. The molecule has 0 spiro atoms. The van der Waals surface area contributed by atoms with Crippen LogP contribution in [-0.2, 0) is 4.79 Å². The maximum atomic E-state index is 11.9. The highest BCUT2D eigenvalue weighted by atomic mass is 32.2. The van der Waals surface area contributed by atoms with Crippen LogP contribution in [0.3, 0.4) is 0 Å². The van der Waals surface area contributed by atoms with Gasteiger partial charge in [-0.05, 0) is 25.5 Å². The van der Waals surface area contributed by atoms with Gasteiger partial charge in [0.2, 0.25) is 5.91 Å². The van der Waals surface area contributed by atoms with E-state index in [1.165, 1.54) is 0 Å². The molecule has 1 fully saturated rings. The maximum absolute atomic E-state index is 11.9. The maximum Gasteiger partial charge on any atom is 0.242 e. The van der Waals surface area contributed by atoms with E-state index >= 15 is 0 Å². The number of nitriles is 1. The highest BCUT2D eigenvalue weighted by Crippen LogP contribution is 2.41. The van der Waals surface area contributed by atoms with Gasteiger partial charge in [-0.1, -0.05) is 0 Å². The van der Waals surface area contributed by atoms with E-state index in [1.54, 1.807) is 23.7 Å². The van der Waals surface area contributed by atoms with Crippen LogP contribution in [0.2, 0.25) is 0 Å². The predicted molar refractivity (Wildman–Crippen MR) is 57.9 cm³/mol. The van der Waals surface area contributed by atoms with Crippen LogP contribution in [0.1, 0.15) is 19.3 Å². The van der Waals surface area contributed by atoms with Crippen LogP contribution in [-0.4, -0.2) is 36.4 Å². The molecule has 0 atom stereocenters. The highest BCUT2D eigenvalue weighted by Gasteiger charge is 2.45. The summed E-state index contributed by atoms with van der Waals surface area (Å²) in [5.74, 6) is 0.948. The second-order valence-corrected chi connectivity index (χ2v) is 4.75. The molecule has 0 aromatic heterocycles. The van der Waals surface area contributed by atoms with Crippen molar-refractivity contribution in [1.29, 1.82) is 5.26 Å². The molecule has 0 aromatic rings. The zero-order valence-corrected chi connectivity index (χ0v) is 9.56. The van der Waals surface area contributed by atoms with Gasteiger partial charge in [0, 0.05) is 19.3 Å². The number of hydrogen-bond acceptors (Lipinski definition) is 3. The molecule has 0 saturated heterocycles. The van der Waals surface area contributed by atoms with Gasteiger partial charge in [-0.25, -0.2) is 0 Å². The predicted octanol–water partition coefficient (Wildman–Crippen LogP) is 1.50. The second kappa shape index (κ2) is 4.70. The topological polar surface area (TPSA) is 44.1 Å². The summed E-state index contributed by atoms with van der Waals surface area (Å²) in [5, 5.41) is 8.98. The van der Waals surface area contributed by atoms with Crippen molar-refractivity contribution in [2.75, 3.05) is 25.6 Å². The zero-order chi connectivity index (χ0) is 10.6. The van der Waals surface area contributed by atoms with Gasteiger partial charge in [-0.3, -0.25) is 4.79 Å². The molecule has 3 nitrogen and oxygen atoms in total. The number of rotatable bonds is 4. The Morgan fingerprint density at radius 1 is 1.64 bits per heavy atom. The first-order chi connectivity index (χ1) is 6.66. The number of carbonyl (C=O) groups is 1. The fourth-order valence-corrected chi connectivity index (χ4v) is 2.06. The number of nitrogens with zero attached hydrogens (tertiary/aromatic N) is 2. The molecule has 0 N–H and O–H groups in total. The highest BCUT2D eigenvalue weighted by molar-refractivity contribution is 7.98. The van der Waals surface area contributed by atoms with E-state index in [9.17, 15) is 4.79 Å². The fourth-order valence-electron chi connectivity index (χ4n) is 1.60. The van der Waals surface area contributed by atoms with Crippen molar-refractivity contribution < 1.29 is 4.79 Å². The zero-order valence-electron chi connectivity index (χ0n) is 8.75. The van der Waals surface area contributed by atoms with Crippen molar-refractivity contribution in [3.63, 3.8) is 0 Å². The van der Waals surface area contributed by atoms with Crippen LogP contribution in [0.5, 0.6) is 0 Å². The Hall–Kier alpha value is -0.690. The first-order valence-electron chi connectivity index (χ1n) is 4.82. The van der Waals surface area contributed by atoms with Gasteiger partial charge in [-0.15, -0.1) is 0 Å². The van der Waals surface area contributed by atoms with Crippen LogP contribution in [0, 0.1) is 16.7 Å². The molecule has 1 rings (SSSR count). The van der Waals surface area contributed by atoms with Crippen LogP contribution in [0.25, 0.3) is 0 Å². The third-order valence-corrected chi connectivity index (χ3v) is 3.40. The monoisotopic (exact) mass is 212 g/mol. The number of carbonyl (C=O) groups excluding carboxylic acids is 1. The van der Waals surface area contributed by atoms with Gasteiger partial charge in [0.05, 0.1) is 6.07 Å². The average molecular weight is 212 g/mol.